The van der Waals surface area contributed by atoms with Crippen LogP contribution in [0.3, 0.4) is 0 Å². The minimum atomic E-state index is 0.788. The average Bonchev–Trinajstić information content (AvgIpc) is 2.72. The van der Waals surface area contributed by atoms with Crippen LogP contribution < -0.4 is 5.09 Å². The van der Waals surface area contributed by atoms with Crippen molar-refractivity contribution in [3.05, 3.63) is 11.0 Å². The first-order valence-electron chi connectivity index (χ1n) is 7.20. The fourth-order valence-corrected chi connectivity index (χ4v) is 5.03. The summed E-state index contributed by atoms with van der Waals surface area (Å²) < 4.78 is 0. The van der Waals surface area contributed by atoms with E-state index >= 15 is 0 Å². The highest BCUT2D eigenvalue weighted by atomic mass is 31.7. The van der Waals surface area contributed by atoms with Crippen molar-refractivity contribution in [3.8, 4) is 0 Å². The van der Waals surface area contributed by atoms with Crippen molar-refractivity contribution in [1.82, 2.24) is 5.09 Å². The molecule has 1 fully saturated rings. The Balaban J connectivity index is 1.91. The van der Waals surface area contributed by atoms with Crippen molar-refractivity contribution >= 4 is 15.9 Å². The van der Waals surface area contributed by atoms with Gasteiger partial charge in [-0.3, -0.25) is 0 Å². The van der Waals surface area contributed by atoms with Gasteiger partial charge in [0.05, 0.1) is 13.7 Å². The van der Waals surface area contributed by atoms with Crippen LogP contribution in [0.5, 0.6) is 0 Å². The smallest absolute Gasteiger partial charge is 0.0699 e. The summed E-state index contributed by atoms with van der Waals surface area (Å²) in [6.07, 6.45) is 14.4. The molecule has 0 aromatic rings. The summed E-state index contributed by atoms with van der Waals surface area (Å²) in [6, 6.07) is 0. The maximum atomic E-state index is 4.73. The van der Waals surface area contributed by atoms with Crippen LogP contribution in [-0.2, 0) is 0 Å². The average molecular weight is 268 g/mol. The molecular formula is C14H24NP2. The molecule has 1 nitrogen and oxygen atoms in total. The van der Waals surface area contributed by atoms with Crippen LogP contribution in [0.4, 0.5) is 0 Å². The fourth-order valence-electron chi connectivity index (χ4n) is 2.90. The highest BCUT2D eigenvalue weighted by molar-refractivity contribution is 7.85. The Morgan fingerprint density at radius 3 is 1.88 bits per heavy atom. The Hall–Kier alpha value is 0.140. The normalized spacial score (nSPS) is 26.4. The summed E-state index contributed by atoms with van der Waals surface area (Å²) in [6.45, 7) is 2.28. The van der Waals surface area contributed by atoms with Gasteiger partial charge >= 0.3 is 0 Å². The molecule has 2 aliphatic rings. The molecule has 0 unspecified atom stereocenters. The highest BCUT2D eigenvalue weighted by Gasteiger charge is 2.20. The molecule has 1 heterocycles. The summed E-state index contributed by atoms with van der Waals surface area (Å²) in [7, 11) is 2.71. The van der Waals surface area contributed by atoms with E-state index in [0.29, 0.717) is 0 Å². The molecule has 1 aliphatic heterocycles. The Morgan fingerprint density at radius 1 is 0.882 bits per heavy atom. The quantitative estimate of drug-likeness (QED) is 0.511. The molecule has 1 saturated carbocycles. The number of allylic oxidation sites excluding steroid dienone is 2. The molecule has 0 atom stereocenters. The Morgan fingerprint density at radius 2 is 1.41 bits per heavy atom. The molecule has 2 rings (SSSR count). The zero-order valence-corrected chi connectivity index (χ0v) is 12.8. The SMILES string of the molecule is CC1=C(C2CCCCCCCCCC2)[N]P=P1. The van der Waals surface area contributed by atoms with Crippen LogP contribution in [0.25, 0.3) is 0 Å². The molecule has 95 valence electrons. The standard InChI is InChI=1S/C14H24NP2/c1-12-14(15-17-16-12)13-10-8-6-4-2-3-5-7-9-11-13/h13H,2-11H2,1H3. The van der Waals surface area contributed by atoms with Gasteiger partial charge in [0.2, 0.25) is 0 Å². The lowest BCUT2D eigenvalue weighted by molar-refractivity contribution is 0.457. The van der Waals surface area contributed by atoms with Gasteiger partial charge < -0.3 is 0 Å². The molecule has 0 aromatic heterocycles. The van der Waals surface area contributed by atoms with E-state index < -0.39 is 0 Å². The molecule has 1 aliphatic carbocycles. The molecule has 0 aromatic carbocycles. The number of hydrogen-bond acceptors (Lipinski definition) is 0. The Kier molecular flexibility index (Phi) is 6.02. The maximum Gasteiger partial charge on any atom is 0.0699 e. The summed E-state index contributed by atoms with van der Waals surface area (Å²) in [4.78, 5) is 0. The van der Waals surface area contributed by atoms with Gasteiger partial charge in [0.15, 0.2) is 0 Å². The third-order valence-corrected chi connectivity index (χ3v) is 6.32. The molecule has 1 radical (unpaired) electrons. The summed E-state index contributed by atoms with van der Waals surface area (Å²) in [5.41, 5.74) is 1.48. The molecule has 0 saturated heterocycles. The van der Waals surface area contributed by atoms with Gasteiger partial charge in [-0.05, 0) is 27.6 Å². The molecular weight excluding hydrogens is 244 g/mol. The minimum absolute atomic E-state index is 0.788. The fraction of sp³-hybridized carbons (Fsp3) is 0.857. The van der Waals surface area contributed by atoms with Crippen molar-refractivity contribution in [2.45, 2.75) is 71.1 Å². The van der Waals surface area contributed by atoms with Gasteiger partial charge in [-0.25, -0.2) is 5.09 Å². The van der Waals surface area contributed by atoms with Crippen molar-refractivity contribution in [2.75, 3.05) is 0 Å². The van der Waals surface area contributed by atoms with E-state index in [1.165, 1.54) is 85.8 Å². The molecule has 17 heavy (non-hydrogen) atoms. The zero-order valence-electron chi connectivity index (χ0n) is 11.0. The number of nitrogens with zero attached hydrogens (tertiary/aromatic N) is 1. The topological polar surface area (TPSA) is 14.1 Å². The second-order valence-electron chi connectivity index (χ2n) is 5.36. The van der Waals surface area contributed by atoms with Crippen molar-refractivity contribution in [2.24, 2.45) is 5.92 Å². The van der Waals surface area contributed by atoms with E-state index in [1.807, 2.05) is 0 Å². The molecule has 0 amide bonds. The zero-order chi connectivity index (χ0) is 11.9. The molecule has 0 spiro atoms. The van der Waals surface area contributed by atoms with Gasteiger partial charge in [0.25, 0.3) is 0 Å². The van der Waals surface area contributed by atoms with Crippen LogP contribution in [0.1, 0.15) is 71.1 Å². The van der Waals surface area contributed by atoms with Crippen LogP contribution in [0, 0.1) is 5.92 Å². The maximum absolute atomic E-state index is 4.73. The monoisotopic (exact) mass is 268 g/mol. The second-order valence-corrected chi connectivity index (χ2v) is 7.75. The van der Waals surface area contributed by atoms with Gasteiger partial charge in [-0.15, -0.1) is 0 Å². The lowest BCUT2D eigenvalue weighted by Gasteiger charge is -2.17. The second kappa shape index (κ2) is 7.55. The Bertz CT molecular complexity index is 285. The van der Waals surface area contributed by atoms with Crippen LogP contribution >= 0.6 is 15.9 Å². The lowest BCUT2D eigenvalue weighted by Crippen LogP contribution is -2.09. The number of rotatable bonds is 1. The largest absolute Gasteiger partial charge is 0.226 e. The van der Waals surface area contributed by atoms with Gasteiger partial charge in [-0.2, -0.15) is 0 Å². The first-order chi connectivity index (χ1) is 8.38. The van der Waals surface area contributed by atoms with E-state index in [0.717, 1.165) is 5.92 Å². The van der Waals surface area contributed by atoms with E-state index in [2.05, 4.69) is 6.92 Å². The van der Waals surface area contributed by atoms with E-state index in [9.17, 15) is 0 Å². The van der Waals surface area contributed by atoms with E-state index in [-0.39, 0.29) is 0 Å². The summed E-state index contributed by atoms with van der Waals surface area (Å²) in [5.74, 6) is 0.788. The molecule has 0 N–H and O–H groups in total. The molecule has 0 bridgehead atoms. The number of hydrogen-bond donors (Lipinski definition) is 0. The predicted molar refractivity (Wildman–Crippen MR) is 78.3 cm³/mol. The first kappa shape index (κ1) is 13.6. The van der Waals surface area contributed by atoms with Gasteiger partial charge in [0, 0.05) is 11.2 Å². The molecule has 3 heteroatoms. The highest BCUT2D eigenvalue weighted by Crippen LogP contribution is 2.40. The first-order valence-corrected chi connectivity index (χ1v) is 9.65. The van der Waals surface area contributed by atoms with E-state index in [4.69, 9.17) is 5.09 Å². The van der Waals surface area contributed by atoms with Crippen molar-refractivity contribution < 1.29 is 0 Å². The van der Waals surface area contributed by atoms with E-state index in [1.54, 1.807) is 5.31 Å². The van der Waals surface area contributed by atoms with Crippen molar-refractivity contribution in [3.63, 3.8) is 0 Å². The van der Waals surface area contributed by atoms with Gasteiger partial charge in [-0.1, -0.05) is 51.4 Å². The van der Waals surface area contributed by atoms with Crippen LogP contribution in [0.15, 0.2) is 11.0 Å². The summed E-state index contributed by atoms with van der Waals surface area (Å²) in [5, 5.41) is 6.28. The third-order valence-electron chi connectivity index (χ3n) is 3.96. The van der Waals surface area contributed by atoms with Crippen LogP contribution in [-0.4, -0.2) is 0 Å². The van der Waals surface area contributed by atoms with Crippen molar-refractivity contribution in [1.29, 1.82) is 0 Å². The predicted octanol–water partition coefficient (Wildman–Crippen LogP) is 6.09. The Labute approximate surface area is 109 Å². The minimum Gasteiger partial charge on any atom is -0.226 e. The lowest BCUT2D eigenvalue weighted by atomic mass is 9.92. The third kappa shape index (κ3) is 4.38. The van der Waals surface area contributed by atoms with Gasteiger partial charge in [0.1, 0.15) is 0 Å². The van der Waals surface area contributed by atoms with Crippen LogP contribution in [0.2, 0.25) is 0 Å². The summed E-state index contributed by atoms with van der Waals surface area (Å²) >= 11 is 0.